The fourth-order valence-electron chi connectivity index (χ4n) is 1.49. The van der Waals surface area contributed by atoms with E-state index in [1.807, 2.05) is 0 Å². The van der Waals surface area contributed by atoms with Crippen molar-refractivity contribution in [2.24, 2.45) is 5.41 Å². The Morgan fingerprint density at radius 2 is 1.85 bits per heavy atom. The molecule has 0 atom stereocenters. The van der Waals surface area contributed by atoms with Gasteiger partial charge in [-0.05, 0) is 37.8 Å². The largest absolute Gasteiger partial charge is 0.378 e. The van der Waals surface area contributed by atoms with E-state index >= 15 is 0 Å². The highest BCUT2D eigenvalue weighted by molar-refractivity contribution is 4.69. The maximum absolute atomic E-state index is 5.82. The second-order valence-corrected chi connectivity index (χ2v) is 5.13. The molecule has 0 spiro atoms. The topological polar surface area (TPSA) is 21.3 Å². The van der Waals surface area contributed by atoms with Gasteiger partial charge < -0.3 is 10.1 Å². The Kier molecular flexibility index (Phi) is 4.20. The van der Waals surface area contributed by atoms with Crippen molar-refractivity contribution < 1.29 is 4.74 Å². The van der Waals surface area contributed by atoms with Gasteiger partial charge in [-0.3, -0.25) is 0 Å². The Labute approximate surface area is 82.0 Å². The third-order valence-electron chi connectivity index (χ3n) is 2.49. The van der Waals surface area contributed by atoms with Crippen molar-refractivity contribution in [1.29, 1.82) is 0 Å². The van der Waals surface area contributed by atoms with Crippen molar-refractivity contribution in [1.82, 2.24) is 5.32 Å². The molecule has 2 nitrogen and oxygen atoms in total. The molecular formula is C11H23NO. The number of nitrogens with one attached hydrogen (secondary N) is 1. The zero-order valence-electron chi connectivity index (χ0n) is 9.23. The zero-order valence-corrected chi connectivity index (χ0v) is 9.23. The van der Waals surface area contributed by atoms with Crippen LogP contribution in [0.2, 0.25) is 0 Å². The van der Waals surface area contributed by atoms with Crippen molar-refractivity contribution in [3.8, 4) is 0 Å². The van der Waals surface area contributed by atoms with Gasteiger partial charge in [0, 0.05) is 6.61 Å². The van der Waals surface area contributed by atoms with E-state index in [-0.39, 0.29) is 0 Å². The zero-order chi connectivity index (χ0) is 9.73. The summed E-state index contributed by atoms with van der Waals surface area (Å²) in [5, 5.41) is 3.34. The van der Waals surface area contributed by atoms with Crippen LogP contribution < -0.4 is 5.32 Å². The van der Waals surface area contributed by atoms with Crippen LogP contribution >= 0.6 is 0 Å². The summed E-state index contributed by atoms with van der Waals surface area (Å²) < 4.78 is 5.82. The van der Waals surface area contributed by atoms with Crippen LogP contribution in [0.5, 0.6) is 0 Å². The maximum atomic E-state index is 5.82. The lowest BCUT2D eigenvalue weighted by Crippen LogP contribution is -2.33. The van der Waals surface area contributed by atoms with E-state index in [0.29, 0.717) is 11.5 Å². The molecule has 0 unspecified atom stereocenters. The normalized spacial score (nSPS) is 20.5. The van der Waals surface area contributed by atoms with Crippen LogP contribution in [0, 0.1) is 5.41 Å². The van der Waals surface area contributed by atoms with Crippen LogP contribution in [0.15, 0.2) is 0 Å². The first kappa shape index (κ1) is 11.0. The Morgan fingerprint density at radius 3 is 2.38 bits per heavy atom. The Balaban J connectivity index is 2.04. The second kappa shape index (κ2) is 4.97. The summed E-state index contributed by atoms with van der Waals surface area (Å²) in [4.78, 5) is 0. The fourth-order valence-corrected chi connectivity index (χ4v) is 1.49. The quantitative estimate of drug-likeness (QED) is 0.727. The minimum atomic E-state index is 0.410. The van der Waals surface area contributed by atoms with E-state index < -0.39 is 0 Å². The first-order valence-electron chi connectivity index (χ1n) is 5.40. The highest BCUT2D eigenvalue weighted by Crippen LogP contribution is 2.19. The van der Waals surface area contributed by atoms with Crippen molar-refractivity contribution in [3.63, 3.8) is 0 Å². The molecule has 0 amide bonds. The van der Waals surface area contributed by atoms with Crippen molar-refractivity contribution in [2.45, 2.75) is 46.1 Å². The number of piperidine rings is 1. The van der Waals surface area contributed by atoms with Crippen molar-refractivity contribution >= 4 is 0 Å². The molecule has 0 saturated carbocycles. The summed E-state index contributed by atoms with van der Waals surface area (Å²) >= 11 is 0. The molecule has 1 fully saturated rings. The predicted molar refractivity (Wildman–Crippen MR) is 55.9 cm³/mol. The van der Waals surface area contributed by atoms with Gasteiger partial charge in [0.05, 0.1) is 6.10 Å². The second-order valence-electron chi connectivity index (χ2n) is 5.13. The van der Waals surface area contributed by atoms with Crippen LogP contribution in [0.4, 0.5) is 0 Å². The standard InChI is InChI=1S/C11H23NO/c1-11(2,3)6-9-13-10-4-7-12-8-5-10/h10,12H,4-9H2,1-3H3. The van der Waals surface area contributed by atoms with Gasteiger partial charge in [-0.25, -0.2) is 0 Å². The SMILES string of the molecule is CC(C)(C)CCOC1CCNCC1. The van der Waals surface area contributed by atoms with Gasteiger partial charge in [0.2, 0.25) is 0 Å². The van der Waals surface area contributed by atoms with Gasteiger partial charge in [-0.1, -0.05) is 20.8 Å². The summed E-state index contributed by atoms with van der Waals surface area (Å²) in [6.07, 6.45) is 4.05. The number of ether oxygens (including phenoxy) is 1. The van der Waals surface area contributed by atoms with Crippen LogP contribution in [-0.2, 0) is 4.74 Å². The molecular weight excluding hydrogens is 162 g/mol. The summed E-state index contributed by atoms with van der Waals surface area (Å²) in [7, 11) is 0. The molecule has 0 aromatic rings. The molecule has 1 aliphatic rings. The van der Waals surface area contributed by atoms with E-state index in [2.05, 4.69) is 26.1 Å². The van der Waals surface area contributed by atoms with Crippen LogP contribution in [0.25, 0.3) is 0 Å². The first-order chi connectivity index (χ1) is 6.08. The van der Waals surface area contributed by atoms with E-state index in [4.69, 9.17) is 4.74 Å². The molecule has 2 heteroatoms. The number of hydrogen-bond donors (Lipinski definition) is 1. The lowest BCUT2D eigenvalue weighted by Gasteiger charge is -2.25. The Hall–Kier alpha value is -0.0800. The van der Waals surface area contributed by atoms with Crippen molar-refractivity contribution in [2.75, 3.05) is 19.7 Å². The van der Waals surface area contributed by atoms with Crippen molar-refractivity contribution in [3.05, 3.63) is 0 Å². The van der Waals surface area contributed by atoms with E-state index in [9.17, 15) is 0 Å². The average Bonchev–Trinajstić information content (AvgIpc) is 2.04. The van der Waals surface area contributed by atoms with Crippen LogP contribution in [-0.4, -0.2) is 25.8 Å². The monoisotopic (exact) mass is 185 g/mol. The van der Waals surface area contributed by atoms with E-state index in [1.54, 1.807) is 0 Å². The molecule has 1 rings (SSSR count). The summed E-state index contributed by atoms with van der Waals surface area (Å²) in [6, 6.07) is 0. The highest BCUT2D eigenvalue weighted by atomic mass is 16.5. The number of rotatable bonds is 3. The summed E-state index contributed by atoms with van der Waals surface area (Å²) in [5.74, 6) is 0. The molecule has 0 aliphatic carbocycles. The minimum Gasteiger partial charge on any atom is -0.378 e. The van der Waals surface area contributed by atoms with Crippen LogP contribution in [0.3, 0.4) is 0 Å². The van der Waals surface area contributed by atoms with E-state index in [0.717, 1.165) is 26.1 Å². The molecule has 0 bridgehead atoms. The van der Waals surface area contributed by atoms with Crippen LogP contribution in [0.1, 0.15) is 40.0 Å². The number of hydrogen-bond acceptors (Lipinski definition) is 2. The summed E-state index contributed by atoms with van der Waals surface area (Å²) in [5.41, 5.74) is 0.410. The Bertz CT molecular complexity index is 134. The first-order valence-corrected chi connectivity index (χ1v) is 5.40. The third-order valence-corrected chi connectivity index (χ3v) is 2.49. The molecule has 1 N–H and O–H groups in total. The minimum absolute atomic E-state index is 0.410. The molecule has 0 aromatic heterocycles. The van der Waals surface area contributed by atoms with E-state index in [1.165, 1.54) is 12.8 Å². The molecule has 1 heterocycles. The van der Waals surface area contributed by atoms with Gasteiger partial charge in [-0.15, -0.1) is 0 Å². The molecule has 13 heavy (non-hydrogen) atoms. The highest BCUT2D eigenvalue weighted by Gasteiger charge is 2.15. The van der Waals surface area contributed by atoms with Gasteiger partial charge in [0.25, 0.3) is 0 Å². The maximum Gasteiger partial charge on any atom is 0.0599 e. The van der Waals surface area contributed by atoms with Gasteiger partial charge in [0.15, 0.2) is 0 Å². The molecule has 78 valence electrons. The smallest absolute Gasteiger partial charge is 0.0599 e. The molecule has 0 radical (unpaired) electrons. The predicted octanol–water partition coefficient (Wildman–Crippen LogP) is 2.19. The average molecular weight is 185 g/mol. The fraction of sp³-hybridized carbons (Fsp3) is 1.00. The van der Waals surface area contributed by atoms with Gasteiger partial charge in [0.1, 0.15) is 0 Å². The Morgan fingerprint density at radius 1 is 1.23 bits per heavy atom. The lowest BCUT2D eigenvalue weighted by atomic mass is 9.93. The molecule has 1 saturated heterocycles. The van der Waals surface area contributed by atoms with Gasteiger partial charge in [-0.2, -0.15) is 0 Å². The van der Waals surface area contributed by atoms with Gasteiger partial charge >= 0.3 is 0 Å². The molecule has 0 aromatic carbocycles. The molecule has 1 aliphatic heterocycles. The summed E-state index contributed by atoms with van der Waals surface area (Å²) in [6.45, 7) is 9.96. The third kappa shape index (κ3) is 5.27. The lowest BCUT2D eigenvalue weighted by molar-refractivity contribution is 0.0200.